The maximum absolute atomic E-state index is 15.9. The summed E-state index contributed by atoms with van der Waals surface area (Å²) in [7, 11) is 1.56. The van der Waals surface area contributed by atoms with Crippen LogP contribution in [0.25, 0.3) is 11.3 Å². The van der Waals surface area contributed by atoms with Crippen LogP contribution in [-0.4, -0.2) is 64.3 Å². The highest BCUT2D eigenvalue weighted by Gasteiger charge is 2.35. The standard InChI is InChI=1S/C33H41FIN3O4S/c1-5-23(8-11-35)37-12-9-24-27(16-37)21(3)15-22(31(24)34)18-42-29-7-6-20(2)14-26(29)28-19-43-33(36-28)38-13-10-25(32(39)40)30(17-38)41-4/h6-7,14-15,19,23,25,30H,5,8-13,16-18H2,1-4H3,(H,39,40)/t23?,25-,30+/m1/s1. The second-order valence-corrected chi connectivity index (χ2v) is 13.6. The Kier molecular flexibility index (Phi) is 10.6. The Bertz CT molecular complexity index is 1450. The van der Waals surface area contributed by atoms with E-state index in [4.69, 9.17) is 14.5 Å². The molecule has 0 saturated carbocycles. The fourth-order valence-electron chi connectivity index (χ4n) is 6.45. The number of alkyl halides is 1. The Labute approximate surface area is 271 Å². The van der Waals surface area contributed by atoms with Gasteiger partial charge in [0.1, 0.15) is 18.2 Å². The molecular formula is C33H41FIN3O4S. The van der Waals surface area contributed by atoms with Crippen LogP contribution in [0.1, 0.15) is 54.0 Å². The minimum absolute atomic E-state index is 0.135. The van der Waals surface area contributed by atoms with E-state index in [1.165, 1.54) is 11.3 Å². The van der Waals surface area contributed by atoms with Gasteiger partial charge in [-0.2, -0.15) is 0 Å². The first-order chi connectivity index (χ1) is 20.7. The van der Waals surface area contributed by atoms with Gasteiger partial charge in [-0.15, -0.1) is 11.3 Å². The average Bonchev–Trinajstić information content (AvgIpc) is 3.51. The molecule has 1 N–H and O–H groups in total. The monoisotopic (exact) mass is 721 g/mol. The van der Waals surface area contributed by atoms with Gasteiger partial charge in [0.2, 0.25) is 0 Å². The Balaban J connectivity index is 1.33. The van der Waals surface area contributed by atoms with Crippen molar-refractivity contribution in [2.24, 2.45) is 5.92 Å². The van der Waals surface area contributed by atoms with Crippen LogP contribution in [0.5, 0.6) is 5.75 Å². The summed E-state index contributed by atoms with van der Waals surface area (Å²) in [5.41, 5.74) is 6.40. The molecule has 232 valence electrons. The van der Waals surface area contributed by atoms with Crippen LogP contribution in [-0.2, 0) is 29.1 Å². The van der Waals surface area contributed by atoms with Crippen LogP contribution in [0.2, 0.25) is 0 Å². The van der Waals surface area contributed by atoms with Gasteiger partial charge in [-0.05, 0) is 74.4 Å². The van der Waals surface area contributed by atoms with Crippen LogP contribution < -0.4 is 9.64 Å². The molecule has 0 radical (unpaired) electrons. The molecule has 1 unspecified atom stereocenters. The molecule has 10 heteroatoms. The normalized spacial score (nSPS) is 19.7. The van der Waals surface area contributed by atoms with E-state index in [9.17, 15) is 9.90 Å². The number of rotatable bonds is 11. The topological polar surface area (TPSA) is 75.1 Å². The Morgan fingerprint density at radius 2 is 2.07 bits per heavy atom. The van der Waals surface area contributed by atoms with E-state index in [2.05, 4.69) is 46.2 Å². The van der Waals surface area contributed by atoms with Crippen molar-refractivity contribution in [3.63, 3.8) is 0 Å². The molecule has 2 aliphatic heterocycles. The number of benzene rings is 2. The molecule has 0 spiro atoms. The van der Waals surface area contributed by atoms with Crippen molar-refractivity contribution < 1.29 is 23.8 Å². The summed E-state index contributed by atoms with van der Waals surface area (Å²) in [5.74, 6) is -0.813. The number of methoxy groups -OCH3 is 1. The van der Waals surface area contributed by atoms with E-state index in [0.29, 0.717) is 36.9 Å². The first kappa shape index (κ1) is 32.1. The molecule has 0 amide bonds. The number of carbonyl (C=O) groups is 1. The number of aliphatic carboxylic acids is 1. The van der Waals surface area contributed by atoms with Gasteiger partial charge in [-0.3, -0.25) is 9.69 Å². The molecule has 1 aromatic heterocycles. The molecule has 0 bridgehead atoms. The SMILES string of the molecule is CCC(CCI)N1CCc2c(F)c(COc3ccc(C)cc3-c3csc(N4CC[C@@H](C(=O)O)[C@@H](OC)C4)n3)cc(C)c2C1. The molecule has 7 nitrogen and oxygen atoms in total. The molecule has 3 atom stereocenters. The molecule has 5 rings (SSSR count). The average molecular weight is 722 g/mol. The van der Waals surface area contributed by atoms with Crippen LogP contribution in [0.4, 0.5) is 9.52 Å². The van der Waals surface area contributed by atoms with Crippen molar-refractivity contribution in [2.75, 3.05) is 36.1 Å². The number of hydrogen-bond donors (Lipinski definition) is 1. The van der Waals surface area contributed by atoms with Crippen LogP contribution in [0, 0.1) is 25.6 Å². The zero-order valence-corrected chi connectivity index (χ0v) is 28.3. The molecule has 3 heterocycles. The van der Waals surface area contributed by atoms with E-state index in [-0.39, 0.29) is 12.4 Å². The highest BCUT2D eigenvalue weighted by molar-refractivity contribution is 14.1. The third-order valence-corrected chi connectivity index (χ3v) is 10.5. The zero-order chi connectivity index (χ0) is 30.7. The Morgan fingerprint density at radius 3 is 2.79 bits per heavy atom. The number of aryl methyl sites for hydroxylation is 2. The number of carboxylic acids is 1. The molecule has 2 aliphatic rings. The van der Waals surface area contributed by atoms with Gasteiger partial charge in [0, 0.05) is 60.3 Å². The second-order valence-electron chi connectivity index (χ2n) is 11.6. The van der Waals surface area contributed by atoms with Crippen molar-refractivity contribution >= 4 is 45.0 Å². The van der Waals surface area contributed by atoms with Gasteiger partial charge in [-0.1, -0.05) is 41.1 Å². The van der Waals surface area contributed by atoms with Crippen molar-refractivity contribution in [3.8, 4) is 17.0 Å². The molecule has 43 heavy (non-hydrogen) atoms. The van der Waals surface area contributed by atoms with Crippen molar-refractivity contribution in [3.05, 3.63) is 63.3 Å². The number of aromatic nitrogens is 1. The lowest BCUT2D eigenvalue weighted by Gasteiger charge is -2.36. The third kappa shape index (κ3) is 7.02. The number of carboxylic acid groups (broad SMARTS) is 1. The summed E-state index contributed by atoms with van der Waals surface area (Å²) < 4.78 is 28.8. The van der Waals surface area contributed by atoms with Crippen LogP contribution >= 0.6 is 33.9 Å². The van der Waals surface area contributed by atoms with Gasteiger partial charge < -0.3 is 19.5 Å². The summed E-state index contributed by atoms with van der Waals surface area (Å²) in [6, 6.07) is 8.47. The largest absolute Gasteiger partial charge is 0.488 e. The predicted octanol–water partition coefficient (Wildman–Crippen LogP) is 7.03. The number of ether oxygens (including phenoxy) is 2. The molecule has 3 aromatic rings. The van der Waals surface area contributed by atoms with E-state index < -0.39 is 18.0 Å². The van der Waals surface area contributed by atoms with E-state index >= 15 is 4.39 Å². The van der Waals surface area contributed by atoms with Gasteiger partial charge >= 0.3 is 5.97 Å². The smallest absolute Gasteiger partial charge is 0.309 e. The van der Waals surface area contributed by atoms with Crippen molar-refractivity contribution in [1.29, 1.82) is 0 Å². The lowest BCUT2D eigenvalue weighted by atomic mass is 9.91. The summed E-state index contributed by atoms with van der Waals surface area (Å²) in [4.78, 5) is 21.1. The third-order valence-electron chi connectivity index (χ3n) is 8.95. The van der Waals surface area contributed by atoms with Gasteiger partial charge in [0.05, 0.1) is 17.7 Å². The van der Waals surface area contributed by atoms with E-state index in [0.717, 1.165) is 75.4 Å². The predicted molar refractivity (Wildman–Crippen MR) is 178 cm³/mol. The molecular weight excluding hydrogens is 680 g/mol. The van der Waals surface area contributed by atoms with Gasteiger partial charge in [0.25, 0.3) is 0 Å². The minimum atomic E-state index is -0.822. The zero-order valence-electron chi connectivity index (χ0n) is 25.4. The number of fused-ring (bicyclic) bond motifs is 1. The summed E-state index contributed by atoms with van der Waals surface area (Å²) >= 11 is 3.97. The summed E-state index contributed by atoms with van der Waals surface area (Å²) in [6.45, 7) is 9.27. The Morgan fingerprint density at radius 1 is 1.26 bits per heavy atom. The first-order valence-electron chi connectivity index (χ1n) is 15.0. The number of hydrogen-bond acceptors (Lipinski definition) is 7. The highest BCUT2D eigenvalue weighted by atomic mass is 127. The highest BCUT2D eigenvalue weighted by Crippen LogP contribution is 2.37. The Hall–Kier alpha value is -2.28. The lowest BCUT2D eigenvalue weighted by Crippen LogP contribution is -2.47. The first-order valence-corrected chi connectivity index (χ1v) is 17.4. The number of piperidine rings is 1. The minimum Gasteiger partial charge on any atom is -0.488 e. The van der Waals surface area contributed by atoms with Crippen molar-refractivity contribution in [2.45, 2.75) is 71.8 Å². The number of halogens is 2. The van der Waals surface area contributed by atoms with Crippen LogP contribution in [0.3, 0.4) is 0 Å². The molecule has 2 aromatic carbocycles. The quantitative estimate of drug-likeness (QED) is 0.168. The number of anilines is 1. The van der Waals surface area contributed by atoms with E-state index in [1.807, 2.05) is 36.6 Å². The molecule has 0 aliphatic carbocycles. The summed E-state index contributed by atoms with van der Waals surface area (Å²) in [6.07, 6.45) is 3.11. The second kappa shape index (κ2) is 14.2. The lowest BCUT2D eigenvalue weighted by molar-refractivity contribution is -0.147. The number of nitrogens with zero attached hydrogens (tertiary/aromatic N) is 3. The van der Waals surface area contributed by atoms with Crippen LogP contribution in [0.15, 0.2) is 29.6 Å². The maximum atomic E-state index is 15.9. The van der Waals surface area contributed by atoms with Crippen molar-refractivity contribution in [1.82, 2.24) is 9.88 Å². The number of thiazole rings is 1. The van der Waals surface area contributed by atoms with E-state index in [1.54, 1.807) is 7.11 Å². The molecule has 1 fully saturated rings. The maximum Gasteiger partial charge on any atom is 0.309 e. The fraction of sp³-hybridized carbons (Fsp3) is 0.515. The van der Waals surface area contributed by atoms with Gasteiger partial charge in [0.15, 0.2) is 5.13 Å². The van der Waals surface area contributed by atoms with Gasteiger partial charge in [-0.25, -0.2) is 9.37 Å². The fourth-order valence-corrected chi connectivity index (χ4v) is 8.03. The summed E-state index contributed by atoms with van der Waals surface area (Å²) in [5, 5.41) is 12.4. The molecule has 1 saturated heterocycles.